The quantitative estimate of drug-likeness (QED) is 0.654. The molecule has 154 valence electrons. The Kier molecular flexibility index (Phi) is 5.41. The van der Waals surface area contributed by atoms with Crippen molar-refractivity contribution in [3.8, 4) is 0 Å². The topological polar surface area (TPSA) is 104 Å². The summed E-state index contributed by atoms with van der Waals surface area (Å²) in [5.41, 5.74) is 0.363. The SMILES string of the molecule is O=C(CCn1[nH]c(=O)c2ccccc2c1=O)Nc1ccc(N2CCCC2=O)c(Cl)c1. The fraction of sp³-hybridized carbons (Fsp3) is 0.238. The number of aromatic nitrogens is 2. The highest BCUT2D eigenvalue weighted by atomic mass is 35.5. The fourth-order valence-corrected chi connectivity index (χ4v) is 3.83. The van der Waals surface area contributed by atoms with E-state index in [-0.39, 0.29) is 35.9 Å². The van der Waals surface area contributed by atoms with Crippen LogP contribution in [0.5, 0.6) is 0 Å². The van der Waals surface area contributed by atoms with Gasteiger partial charge in [-0.25, -0.2) is 4.68 Å². The number of aromatic amines is 1. The third kappa shape index (κ3) is 3.86. The normalized spacial score (nSPS) is 13.8. The van der Waals surface area contributed by atoms with Crippen molar-refractivity contribution in [2.75, 3.05) is 16.8 Å². The maximum atomic E-state index is 12.5. The highest BCUT2D eigenvalue weighted by Gasteiger charge is 2.23. The van der Waals surface area contributed by atoms with Gasteiger partial charge in [0.15, 0.2) is 0 Å². The molecule has 2 N–H and O–H groups in total. The molecular weight excluding hydrogens is 408 g/mol. The van der Waals surface area contributed by atoms with E-state index in [0.717, 1.165) is 11.1 Å². The molecule has 1 saturated heterocycles. The molecule has 2 aromatic carbocycles. The lowest BCUT2D eigenvalue weighted by Crippen LogP contribution is -2.31. The second kappa shape index (κ2) is 8.16. The Bertz CT molecular complexity index is 1260. The van der Waals surface area contributed by atoms with Crippen LogP contribution in [0.4, 0.5) is 11.4 Å². The van der Waals surface area contributed by atoms with Crippen molar-refractivity contribution in [3.63, 3.8) is 0 Å². The fourth-order valence-electron chi connectivity index (χ4n) is 3.55. The van der Waals surface area contributed by atoms with Crippen molar-refractivity contribution in [2.24, 2.45) is 0 Å². The van der Waals surface area contributed by atoms with Crippen molar-refractivity contribution < 1.29 is 9.59 Å². The number of anilines is 2. The zero-order valence-electron chi connectivity index (χ0n) is 16.0. The van der Waals surface area contributed by atoms with Crippen LogP contribution in [0.1, 0.15) is 19.3 Å². The van der Waals surface area contributed by atoms with Crippen molar-refractivity contribution >= 4 is 45.6 Å². The molecule has 0 radical (unpaired) electrons. The van der Waals surface area contributed by atoms with Crippen molar-refractivity contribution in [3.05, 3.63) is 68.2 Å². The van der Waals surface area contributed by atoms with Crippen LogP contribution < -0.4 is 21.3 Å². The first-order valence-corrected chi connectivity index (χ1v) is 9.93. The molecule has 2 amide bonds. The molecule has 4 rings (SSSR count). The Balaban J connectivity index is 1.44. The van der Waals surface area contributed by atoms with Gasteiger partial charge in [0.2, 0.25) is 11.8 Å². The smallest absolute Gasteiger partial charge is 0.273 e. The van der Waals surface area contributed by atoms with Gasteiger partial charge in [-0.2, -0.15) is 0 Å². The zero-order valence-corrected chi connectivity index (χ0v) is 16.7. The molecule has 0 atom stereocenters. The van der Waals surface area contributed by atoms with E-state index in [1.165, 1.54) is 0 Å². The third-order valence-corrected chi connectivity index (χ3v) is 5.34. The number of halogens is 1. The zero-order chi connectivity index (χ0) is 21.3. The molecule has 2 heterocycles. The van der Waals surface area contributed by atoms with Gasteiger partial charge in [-0.3, -0.25) is 24.3 Å². The first kappa shape index (κ1) is 19.9. The summed E-state index contributed by atoms with van der Waals surface area (Å²) in [4.78, 5) is 50.5. The minimum Gasteiger partial charge on any atom is -0.326 e. The summed E-state index contributed by atoms with van der Waals surface area (Å²) in [6, 6.07) is 11.5. The molecule has 1 fully saturated rings. The number of nitrogens with zero attached hydrogens (tertiary/aromatic N) is 2. The number of rotatable bonds is 5. The Labute approximate surface area is 176 Å². The van der Waals surface area contributed by atoms with Gasteiger partial charge in [-0.15, -0.1) is 0 Å². The molecule has 1 aliphatic heterocycles. The average Bonchev–Trinajstić information content (AvgIpc) is 3.15. The molecule has 1 aliphatic rings. The number of benzene rings is 2. The van der Waals surface area contributed by atoms with Crippen LogP contribution in [0.25, 0.3) is 10.8 Å². The van der Waals surface area contributed by atoms with Crippen molar-refractivity contribution in [1.82, 2.24) is 9.78 Å². The van der Waals surface area contributed by atoms with Gasteiger partial charge in [0.1, 0.15) is 0 Å². The van der Waals surface area contributed by atoms with Gasteiger partial charge < -0.3 is 10.2 Å². The van der Waals surface area contributed by atoms with Gasteiger partial charge >= 0.3 is 0 Å². The predicted octanol–water partition coefficient (Wildman–Crippen LogP) is 2.50. The lowest BCUT2D eigenvalue weighted by Gasteiger charge is -2.18. The molecule has 9 heteroatoms. The minimum atomic E-state index is -0.385. The molecule has 3 aromatic rings. The molecule has 0 unspecified atom stereocenters. The van der Waals surface area contributed by atoms with E-state index in [4.69, 9.17) is 11.6 Å². The minimum absolute atomic E-state index is 0.0157. The number of fused-ring (bicyclic) bond motifs is 1. The number of hydrogen-bond donors (Lipinski definition) is 2. The molecule has 0 spiro atoms. The average molecular weight is 427 g/mol. The van der Waals surface area contributed by atoms with Crippen LogP contribution in [0.3, 0.4) is 0 Å². The highest BCUT2D eigenvalue weighted by Crippen LogP contribution is 2.31. The Hall–Kier alpha value is -3.39. The second-order valence-electron chi connectivity index (χ2n) is 7.06. The summed E-state index contributed by atoms with van der Waals surface area (Å²) in [5, 5.41) is 6.21. The standard InChI is InChI=1S/C21H19ClN4O4/c22-16-12-13(7-8-17(16)25-10-3-6-19(25)28)23-18(27)9-11-26-21(30)15-5-2-1-4-14(15)20(29)24-26/h1-2,4-5,7-8,12H,3,6,9-11H2,(H,23,27)(H,24,29). The Morgan fingerprint density at radius 3 is 2.57 bits per heavy atom. The van der Waals surface area contributed by atoms with E-state index in [2.05, 4.69) is 10.4 Å². The van der Waals surface area contributed by atoms with Crippen LogP contribution in [0.2, 0.25) is 5.02 Å². The Morgan fingerprint density at radius 1 is 1.10 bits per heavy atom. The summed E-state index contributed by atoms with van der Waals surface area (Å²) in [6.07, 6.45) is 1.28. The number of amides is 2. The van der Waals surface area contributed by atoms with Crippen LogP contribution >= 0.6 is 11.6 Å². The highest BCUT2D eigenvalue weighted by molar-refractivity contribution is 6.34. The van der Waals surface area contributed by atoms with Crippen LogP contribution in [0.15, 0.2) is 52.1 Å². The van der Waals surface area contributed by atoms with E-state index in [1.54, 1.807) is 47.4 Å². The molecule has 1 aromatic heterocycles. The van der Waals surface area contributed by atoms with Crippen LogP contribution in [-0.2, 0) is 16.1 Å². The summed E-state index contributed by atoms with van der Waals surface area (Å²) in [7, 11) is 0. The molecular formula is C21H19ClN4O4. The second-order valence-corrected chi connectivity index (χ2v) is 7.46. The number of carbonyl (C=O) groups excluding carboxylic acids is 2. The molecule has 30 heavy (non-hydrogen) atoms. The molecule has 0 aliphatic carbocycles. The molecule has 0 bridgehead atoms. The van der Waals surface area contributed by atoms with Crippen molar-refractivity contribution in [1.29, 1.82) is 0 Å². The van der Waals surface area contributed by atoms with E-state index < -0.39 is 0 Å². The van der Waals surface area contributed by atoms with Crippen LogP contribution in [-0.4, -0.2) is 28.1 Å². The summed E-state index contributed by atoms with van der Waals surface area (Å²) in [6.45, 7) is 0.655. The number of H-pyrrole nitrogens is 1. The summed E-state index contributed by atoms with van der Waals surface area (Å²) >= 11 is 6.29. The van der Waals surface area contributed by atoms with Crippen LogP contribution in [0, 0.1) is 0 Å². The van der Waals surface area contributed by atoms with Gasteiger partial charge in [-0.1, -0.05) is 23.7 Å². The van der Waals surface area contributed by atoms with Crippen molar-refractivity contribution in [2.45, 2.75) is 25.8 Å². The van der Waals surface area contributed by atoms with Gasteiger partial charge in [-0.05, 0) is 36.8 Å². The lowest BCUT2D eigenvalue weighted by atomic mass is 10.2. The van der Waals surface area contributed by atoms with Gasteiger partial charge in [0.05, 0.1) is 28.0 Å². The summed E-state index contributed by atoms with van der Waals surface area (Å²) in [5.74, 6) is -0.305. The van der Waals surface area contributed by atoms with E-state index in [0.29, 0.717) is 40.1 Å². The monoisotopic (exact) mass is 426 g/mol. The maximum Gasteiger partial charge on any atom is 0.273 e. The maximum absolute atomic E-state index is 12.5. The number of nitrogens with one attached hydrogen (secondary N) is 2. The first-order chi connectivity index (χ1) is 14.4. The van der Waals surface area contributed by atoms with Gasteiger partial charge in [0, 0.05) is 25.1 Å². The largest absolute Gasteiger partial charge is 0.326 e. The first-order valence-electron chi connectivity index (χ1n) is 9.55. The van der Waals surface area contributed by atoms with E-state index in [9.17, 15) is 19.2 Å². The van der Waals surface area contributed by atoms with Gasteiger partial charge in [0.25, 0.3) is 11.1 Å². The molecule has 8 nitrogen and oxygen atoms in total. The lowest BCUT2D eigenvalue weighted by molar-refractivity contribution is -0.117. The predicted molar refractivity (Wildman–Crippen MR) is 115 cm³/mol. The number of carbonyl (C=O) groups is 2. The Morgan fingerprint density at radius 2 is 1.87 bits per heavy atom. The van der Waals surface area contributed by atoms with E-state index >= 15 is 0 Å². The van der Waals surface area contributed by atoms with E-state index in [1.807, 2.05) is 0 Å². The summed E-state index contributed by atoms with van der Waals surface area (Å²) < 4.78 is 1.14. The molecule has 0 saturated carbocycles. The third-order valence-electron chi connectivity index (χ3n) is 5.04. The number of hydrogen-bond acceptors (Lipinski definition) is 4. The number of aryl methyl sites for hydroxylation is 1.